The van der Waals surface area contributed by atoms with E-state index < -0.39 is 12.1 Å². The van der Waals surface area contributed by atoms with Gasteiger partial charge < -0.3 is 14.8 Å². The third kappa shape index (κ3) is 3.53. The molecule has 0 aliphatic carbocycles. The lowest BCUT2D eigenvalue weighted by atomic mass is 10.1. The Kier molecular flexibility index (Phi) is 4.57. The molecular formula is C18H20N6O3. The van der Waals surface area contributed by atoms with Crippen molar-refractivity contribution >= 4 is 17.8 Å². The topological polar surface area (TPSA) is 109 Å². The van der Waals surface area contributed by atoms with Crippen molar-refractivity contribution in [2.24, 2.45) is 0 Å². The fourth-order valence-electron chi connectivity index (χ4n) is 3.48. The van der Waals surface area contributed by atoms with Gasteiger partial charge >= 0.3 is 6.03 Å². The number of rotatable bonds is 2. The molecule has 0 saturated carbocycles. The molecule has 1 saturated heterocycles. The Hall–Kier alpha value is -3.23. The Labute approximate surface area is 155 Å². The fourth-order valence-corrected chi connectivity index (χ4v) is 3.48. The summed E-state index contributed by atoms with van der Waals surface area (Å²) >= 11 is 0. The van der Waals surface area contributed by atoms with Crippen LogP contribution in [-0.4, -0.2) is 56.6 Å². The van der Waals surface area contributed by atoms with Crippen molar-refractivity contribution in [3.63, 3.8) is 0 Å². The monoisotopic (exact) mass is 368 g/mol. The maximum atomic E-state index is 12.9. The van der Waals surface area contributed by atoms with Crippen molar-refractivity contribution in [3.05, 3.63) is 36.2 Å². The van der Waals surface area contributed by atoms with E-state index >= 15 is 0 Å². The minimum absolute atomic E-state index is 0.145. The zero-order valence-corrected chi connectivity index (χ0v) is 14.7. The molecule has 27 heavy (non-hydrogen) atoms. The van der Waals surface area contributed by atoms with E-state index in [2.05, 4.69) is 20.8 Å². The van der Waals surface area contributed by atoms with E-state index in [1.165, 1.54) is 0 Å². The van der Waals surface area contributed by atoms with Crippen molar-refractivity contribution < 1.29 is 14.4 Å². The Balaban J connectivity index is 1.49. The highest BCUT2D eigenvalue weighted by Gasteiger charge is 2.31. The quantitative estimate of drug-likeness (QED) is 0.793. The number of carbonyl (C=O) groups excluding carboxylic acids is 3. The maximum Gasteiger partial charge on any atom is 0.322 e. The normalized spacial score (nSPS) is 20.1. The van der Waals surface area contributed by atoms with Crippen molar-refractivity contribution in [1.29, 1.82) is 0 Å². The number of imide groups is 1. The molecule has 4 rings (SSSR count). The predicted octanol–water partition coefficient (Wildman–Crippen LogP) is 0.318. The van der Waals surface area contributed by atoms with Gasteiger partial charge in [0, 0.05) is 38.0 Å². The van der Waals surface area contributed by atoms with E-state index in [-0.39, 0.29) is 18.2 Å². The number of aromatic nitrogens is 3. The number of benzene rings is 1. The maximum absolute atomic E-state index is 12.9. The van der Waals surface area contributed by atoms with Gasteiger partial charge in [-0.1, -0.05) is 30.3 Å². The molecule has 1 unspecified atom stereocenters. The van der Waals surface area contributed by atoms with Crippen molar-refractivity contribution in [2.45, 2.75) is 31.8 Å². The van der Waals surface area contributed by atoms with E-state index in [0.717, 1.165) is 17.2 Å². The average molecular weight is 368 g/mol. The zero-order chi connectivity index (χ0) is 18.8. The summed E-state index contributed by atoms with van der Waals surface area (Å²) in [6, 6.07) is 8.51. The van der Waals surface area contributed by atoms with Crippen molar-refractivity contribution in [2.75, 3.05) is 13.1 Å². The average Bonchev–Trinajstić information content (AvgIpc) is 2.84. The highest BCUT2D eigenvalue weighted by molar-refractivity contribution is 5.98. The number of urea groups is 1. The minimum Gasteiger partial charge on any atom is -0.339 e. The zero-order valence-electron chi connectivity index (χ0n) is 14.7. The number of hydrogen-bond acceptors (Lipinski definition) is 5. The van der Waals surface area contributed by atoms with Crippen LogP contribution in [0.25, 0.3) is 11.4 Å². The van der Waals surface area contributed by atoms with Crippen LogP contribution in [0.2, 0.25) is 0 Å². The first-order valence-electron chi connectivity index (χ1n) is 8.98. The fraction of sp³-hybridized carbons (Fsp3) is 0.389. The van der Waals surface area contributed by atoms with Crippen LogP contribution in [0.15, 0.2) is 30.3 Å². The molecular weight excluding hydrogens is 348 g/mol. The molecule has 2 N–H and O–H groups in total. The van der Waals surface area contributed by atoms with E-state index in [1.807, 2.05) is 34.9 Å². The second kappa shape index (κ2) is 7.18. The van der Waals surface area contributed by atoms with Crippen LogP contribution >= 0.6 is 0 Å². The van der Waals surface area contributed by atoms with Crippen LogP contribution in [0.3, 0.4) is 0 Å². The van der Waals surface area contributed by atoms with Gasteiger partial charge in [-0.05, 0) is 6.42 Å². The number of amides is 4. The summed E-state index contributed by atoms with van der Waals surface area (Å²) in [5.41, 5.74) is 0.983. The number of nitrogens with one attached hydrogen (secondary N) is 2. The molecule has 0 spiro atoms. The molecule has 140 valence electrons. The number of fused-ring (bicyclic) bond motifs is 1. The van der Waals surface area contributed by atoms with Crippen molar-refractivity contribution in [1.82, 2.24) is 30.3 Å². The first-order valence-corrected chi connectivity index (χ1v) is 8.98. The minimum atomic E-state index is -0.686. The van der Waals surface area contributed by atoms with Gasteiger partial charge in [-0.2, -0.15) is 0 Å². The lowest BCUT2D eigenvalue weighted by molar-refractivity contribution is -0.133. The third-order valence-corrected chi connectivity index (χ3v) is 4.89. The second-order valence-electron chi connectivity index (χ2n) is 6.65. The largest absolute Gasteiger partial charge is 0.339 e. The predicted molar refractivity (Wildman–Crippen MR) is 95.4 cm³/mol. The van der Waals surface area contributed by atoms with Gasteiger partial charge in [-0.3, -0.25) is 14.9 Å². The van der Waals surface area contributed by atoms with E-state index in [4.69, 9.17) is 0 Å². The summed E-state index contributed by atoms with van der Waals surface area (Å²) in [6.45, 7) is 1.58. The summed E-state index contributed by atoms with van der Waals surface area (Å²) < 4.78 is 2.04. The van der Waals surface area contributed by atoms with Crippen molar-refractivity contribution in [3.8, 4) is 11.4 Å². The molecule has 0 radical (unpaired) electrons. The Morgan fingerprint density at radius 2 is 1.85 bits per heavy atom. The smallest absolute Gasteiger partial charge is 0.322 e. The Morgan fingerprint density at radius 1 is 1.04 bits per heavy atom. The Bertz CT molecular complexity index is 878. The molecule has 2 aromatic rings. The molecule has 1 fully saturated rings. The van der Waals surface area contributed by atoms with Gasteiger partial charge in [-0.15, -0.1) is 10.2 Å². The first-order chi connectivity index (χ1) is 13.1. The van der Waals surface area contributed by atoms with Gasteiger partial charge in [-0.25, -0.2) is 4.79 Å². The molecule has 2 aliphatic heterocycles. The standard InChI is InChI=1S/C18H20N6O3/c25-15-7-6-13(19-18(27)20-15)17(26)23-9-8-14-21-22-16(24(14)11-10-23)12-4-2-1-3-5-12/h1-5,13H,6-11H2,(H2,19,20,25,27). The SMILES string of the molecule is O=C1CCC(C(=O)N2CCc3nnc(-c4ccccc4)n3CC2)NC(=O)N1. The summed E-state index contributed by atoms with van der Waals surface area (Å²) in [4.78, 5) is 37.7. The van der Waals surface area contributed by atoms with Gasteiger partial charge in [0.1, 0.15) is 11.9 Å². The van der Waals surface area contributed by atoms with Crippen LogP contribution in [0.1, 0.15) is 18.7 Å². The lowest BCUT2D eigenvalue weighted by Gasteiger charge is -2.25. The van der Waals surface area contributed by atoms with Crippen LogP contribution < -0.4 is 10.6 Å². The second-order valence-corrected chi connectivity index (χ2v) is 6.65. The summed E-state index contributed by atoms with van der Waals surface area (Å²) in [7, 11) is 0. The molecule has 9 heteroatoms. The molecule has 0 bridgehead atoms. The molecule has 1 aromatic carbocycles. The highest BCUT2D eigenvalue weighted by atomic mass is 16.2. The summed E-state index contributed by atoms with van der Waals surface area (Å²) in [6.07, 6.45) is 1.03. The summed E-state index contributed by atoms with van der Waals surface area (Å²) in [5.74, 6) is 1.10. The Morgan fingerprint density at radius 3 is 2.67 bits per heavy atom. The first kappa shape index (κ1) is 17.2. The van der Waals surface area contributed by atoms with E-state index in [1.54, 1.807) is 4.90 Å². The number of nitrogens with zero attached hydrogens (tertiary/aromatic N) is 4. The number of hydrogen-bond donors (Lipinski definition) is 2. The van der Waals surface area contributed by atoms with Crippen LogP contribution in [0, 0.1) is 0 Å². The van der Waals surface area contributed by atoms with Crippen LogP contribution in [-0.2, 0) is 22.6 Å². The molecule has 9 nitrogen and oxygen atoms in total. The molecule has 1 aromatic heterocycles. The van der Waals surface area contributed by atoms with E-state index in [0.29, 0.717) is 32.5 Å². The van der Waals surface area contributed by atoms with Gasteiger partial charge in [0.2, 0.25) is 11.8 Å². The van der Waals surface area contributed by atoms with Gasteiger partial charge in [0.25, 0.3) is 0 Å². The highest BCUT2D eigenvalue weighted by Crippen LogP contribution is 2.20. The van der Waals surface area contributed by atoms with Crippen LogP contribution in [0.5, 0.6) is 0 Å². The van der Waals surface area contributed by atoms with Gasteiger partial charge in [0.05, 0.1) is 0 Å². The third-order valence-electron chi connectivity index (χ3n) is 4.89. The number of carbonyl (C=O) groups is 3. The van der Waals surface area contributed by atoms with Gasteiger partial charge in [0.15, 0.2) is 5.82 Å². The van der Waals surface area contributed by atoms with E-state index in [9.17, 15) is 14.4 Å². The summed E-state index contributed by atoms with van der Waals surface area (Å²) in [5, 5.41) is 13.4. The lowest BCUT2D eigenvalue weighted by Crippen LogP contribution is -2.50. The molecule has 4 amide bonds. The van der Waals surface area contributed by atoms with Crippen LogP contribution in [0.4, 0.5) is 4.79 Å². The molecule has 2 aliphatic rings. The molecule has 3 heterocycles. The molecule has 1 atom stereocenters.